The van der Waals surface area contributed by atoms with Crippen LogP contribution < -0.4 is 4.90 Å². The van der Waals surface area contributed by atoms with Crippen molar-refractivity contribution < 1.29 is 9.18 Å². The summed E-state index contributed by atoms with van der Waals surface area (Å²) in [7, 11) is 0. The number of hydrogen-bond acceptors (Lipinski definition) is 4. The van der Waals surface area contributed by atoms with Gasteiger partial charge in [0, 0.05) is 37.4 Å². The highest BCUT2D eigenvalue weighted by Crippen LogP contribution is 2.29. The zero-order valence-electron chi connectivity index (χ0n) is 11.5. The Morgan fingerprint density at radius 1 is 1.18 bits per heavy atom. The van der Waals surface area contributed by atoms with Crippen LogP contribution in [0.3, 0.4) is 0 Å². The Balaban J connectivity index is 1.85. The SMILES string of the molecule is O=C(c1cc(F)cc2nccnc12)N1CCc2cnccc21. The Bertz CT molecular complexity index is 896. The summed E-state index contributed by atoms with van der Waals surface area (Å²) in [5, 5.41) is 0. The number of carbonyl (C=O) groups excluding carboxylic acids is 1. The van der Waals surface area contributed by atoms with Crippen molar-refractivity contribution in [3.8, 4) is 0 Å². The van der Waals surface area contributed by atoms with E-state index in [4.69, 9.17) is 0 Å². The second kappa shape index (κ2) is 4.84. The van der Waals surface area contributed by atoms with Gasteiger partial charge in [-0.25, -0.2) is 4.39 Å². The van der Waals surface area contributed by atoms with Crippen molar-refractivity contribution >= 4 is 22.6 Å². The number of amides is 1. The first-order chi connectivity index (χ1) is 10.7. The van der Waals surface area contributed by atoms with E-state index in [1.165, 1.54) is 24.5 Å². The van der Waals surface area contributed by atoms with Crippen LogP contribution in [0.2, 0.25) is 0 Å². The highest BCUT2D eigenvalue weighted by molar-refractivity contribution is 6.13. The van der Waals surface area contributed by atoms with E-state index < -0.39 is 5.82 Å². The molecule has 0 aliphatic carbocycles. The van der Waals surface area contributed by atoms with E-state index in [-0.39, 0.29) is 11.5 Å². The number of benzene rings is 1. The molecule has 0 fully saturated rings. The molecule has 0 bridgehead atoms. The number of anilines is 1. The van der Waals surface area contributed by atoms with Crippen LogP contribution in [0.4, 0.5) is 10.1 Å². The summed E-state index contributed by atoms with van der Waals surface area (Å²) in [6.07, 6.45) is 7.12. The molecule has 2 aromatic heterocycles. The van der Waals surface area contributed by atoms with Crippen molar-refractivity contribution in [1.82, 2.24) is 15.0 Å². The standard InChI is InChI=1S/C16H11FN4O/c17-11-7-12(15-13(8-11)19-4-5-20-15)16(22)21-6-2-10-9-18-3-1-14(10)21/h1,3-5,7-9H,2,6H2. The third-order valence-electron chi connectivity index (χ3n) is 3.79. The van der Waals surface area contributed by atoms with E-state index in [0.717, 1.165) is 17.7 Å². The molecule has 5 nitrogen and oxygen atoms in total. The Morgan fingerprint density at radius 3 is 2.95 bits per heavy atom. The molecular formula is C16H11FN4O. The summed E-state index contributed by atoms with van der Waals surface area (Å²) >= 11 is 0. The smallest absolute Gasteiger partial charge is 0.260 e. The predicted octanol–water partition coefficient (Wildman–Crippen LogP) is 2.37. The van der Waals surface area contributed by atoms with Crippen molar-refractivity contribution in [2.24, 2.45) is 0 Å². The maximum Gasteiger partial charge on any atom is 0.260 e. The molecule has 1 amide bonds. The van der Waals surface area contributed by atoms with Gasteiger partial charge >= 0.3 is 0 Å². The zero-order valence-corrected chi connectivity index (χ0v) is 11.5. The van der Waals surface area contributed by atoms with E-state index in [1.807, 2.05) is 0 Å². The minimum atomic E-state index is -0.495. The van der Waals surface area contributed by atoms with Gasteiger partial charge in [-0.05, 0) is 24.1 Å². The van der Waals surface area contributed by atoms with Gasteiger partial charge in [0.1, 0.15) is 11.3 Å². The molecule has 4 rings (SSSR count). The first-order valence-electron chi connectivity index (χ1n) is 6.89. The largest absolute Gasteiger partial charge is 0.308 e. The lowest BCUT2D eigenvalue weighted by Crippen LogP contribution is -2.29. The van der Waals surface area contributed by atoms with Crippen LogP contribution in [0, 0.1) is 5.82 Å². The van der Waals surface area contributed by atoms with E-state index in [9.17, 15) is 9.18 Å². The van der Waals surface area contributed by atoms with Crippen molar-refractivity contribution in [3.63, 3.8) is 0 Å². The molecule has 0 unspecified atom stereocenters. The highest BCUT2D eigenvalue weighted by atomic mass is 19.1. The van der Waals surface area contributed by atoms with Gasteiger partial charge in [-0.3, -0.25) is 19.7 Å². The molecule has 0 N–H and O–H groups in total. The summed E-state index contributed by atoms with van der Waals surface area (Å²) in [6, 6.07) is 4.30. The van der Waals surface area contributed by atoms with Gasteiger partial charge in [0.15, 0.2) is 0 Å². The third kappa shape index (κ3) is 1.92. The minimum absolute atomic E-state index is 0.229. The molecule has 1 aromatic carbocycles. The van der Waals surface area contributed by atoms with E-state index in [0.29, 0.717) is 17.6 Å². The fraction of sp³-hybridized carbons (Fsp3) is 0.125. The van der Waals surface area contributed by atoms with Crippen molar-refractivity contribution in [3.05, 3.63) is 59.9 Å². The average Bonchev–Trinajstić information content (AvgIpc) is 2.97. The van der Waals surface area contributed by atoms with E-state index in [1.54, 1.807) is 23.4 Å². The Kier molecular flexibility index (Phi) is 2.82. The van der Waals surface area contributed by atoms with Crippen molar-refractivity contribution in [2.45, 2.75) is 6.42 Å². The van der Waals surface area contributed by atoms with Gasteiger partial charge in [0.25, 0.3) is 5.91 Å². The van der Waals surface area contributed by atoms with E-state index >= 15 is 0 Å². The zero-order chi connectivity index (χ0) is 15.1. The molecule has 3 aromatic rings. The van der Waals surface area contributed by atoms with Crippen LogP contribution >= 0.6 is 0 Å². The van der Waals surface area contributed by atoms with Crippen LogP contribution in [0.25, 0.3) is 11.0 Å². The average molecular weight is 294 g/mol. The van der Waals surface area contributed by atoms with Gasteiger partial charge < -0.3 is 4.90 Å². The van der Waals surface area contributed by atoms with E-state index in [2.05, 4.69) is 15.0 Å². The Hall–Kier alpha value is -2.89. The lowest BCUT2D eigenvalue weighted by molar-refractivity contribution is 0.0990. The number of halogens is 1. The number of nitrogens with zero attached hydrogens (tertiary/aromatic N) is 4. The van der Waals surface area contributed by atoms with Crippen LogP contribution in [0.15, 0.2) is 43.0 Å². The molecule has 6 heteroatoms. The summed E-state index contributed by atoms with van der Waals surface area (Å²) < 4.78 is 13.8. The number of rotatable bonds is 1. The molecule has 108 valence electrons. The topological polar surface area (TPSA) is 59.0 Å². The number of carbonyl (C=O) groups is 1. The molecule has 0 saturated heterocycles. The monoisotopic (exact) mass is 294 g/mol. The number of hydrogen-bond donors (Lipinski definition) is 0. The van der Waals surface area contributed by atoms with Gasteiger partial charge in [0.2, 0.25) is 0 Å². The van der Waals surface area contributed by atoms with Gasteiger partial charge in [-0.2, -0.15) is 0 Å². The molecule has 0 spiro atoms. The highest BCUT2D eigenvalue weighted by Gasteiger charge is 2.27. The molecule has 0 saturated carbocycles. The van der Waals surface area contributed by atoms with Gasteiger partial charge in [-0.15, -0.1) is 0 Å². The molecule has 3 heterocycles. The summed E-state index contributed by atoms with van der Waals surface area (Å²) in [6.45, 7) is 0.554. The normalized spacial score (nSPS) is 13.4. The summed E-state index contributed by atoms with van der Waals surface area (Å²) in [5.74, 6) is -0.763. The molecule has 1 aliphatic heterocycles. The quantitative estimate of drug-likeness (QED) is 0.691. The molecule has 0 atom stereocenters. The fourth-order valence-corrected chi connectivity index (χ4v) is 2.79. The number of aromatic nitrogens is 3. The fourth-order valence-electron chi connectivity index (χ4n) is 2.79. The second-order valence-corrected chi connectivity index (χ2v) is 5.09. The minimum Gasteiger partial charge on any atom is -0.308 e. The predicted molar refractivity (Wildman–Crippen MR) is 79.1 cm³/mol. The van der Waals surface area contributed by atoms with Gasteiger partial charge in [0.05, 0.1) is 16.8 Å². The summed E-state index contributed by atoms with van der Waals surface area (Å²) in [5.41, 5.74) is 2.85. The molecule has 1 aliphatic rings. The van der Waals surface area contributed by atoms with Crippen molar-refractivity contribution in [1.29, 1.82) is 0 Å². The molecular weight excluding hydrogens is 283 g/mol. The van der Waals surface area contributed by atoms with Crippen LogP contribution in [-0.4, -0.2) is 27.4 Å². The number of pyridine rings is 1. The number of fused-ring (bicyclic) bond motifs is 2. The van der Waals surface area contributed by atoms with Crippen LogP contribution in [0.5, 0.6) is 0 Å². The van der Waals surface area contributed by atoms with Gasteiger partial charge in [-0.1, -0.05) is 0 Å². The first-order valence-corrected chi connectivity index (χ1v) is 6.89. The first kappa shape index (κ1) is 12.8. The maximum atomic E-state index is 13.8. The second-order valence-electron chi connectivity index (χ2n) is 5.09. The lowest BCUT2D eigenvalue weighted by Gasteiger charge is -2.17. The Morgan fingerprint density at radius 2 is 2.05 bits per heavy atom. The van der Waals surface area contributed by atoms with Crippen LogP contribution in [-0.2, 0) is 6.42 Å². The lowest BCUT2D eigenvalue weighted by atomic mass is 10.1. The Labute approximate surface area is 125 Å². The maximum absolute atomic E-state index is 13.8. The van der Waals surface area contributed by atoms with Crippen LogP contribution in [0.1, 0.15) is 15.9 Å². The molecule has 22 heavy (non-hydrogen) atoms. The van der Waals surface area contributed by atoms with Crippen molar-refractivity contribution in [2.75, 3.05) is 11.4 Å². The third-order valence-corrected chi connectivity index (χ3v) is 3.79. The molecule has 0 radical (unpaired) electrons. The summed E-state index contributed by atoms with van der Waals surface area (Å²) in [4.78, 5) is 26.8.